The molecule has 1 aromatic heterocycles. The third kappa shape index (κ3) is 5.16. The van der Waals surface area contributed by atoms with E-state index in [0.29, 0.717) is 6.04 Å². The lowest BCUT2D eigenvalue weighted by atomic mass is 9.84. The molecular weight excluding hydrogens is 490 g/mol. The van der Waals surface area contributed by atoms with Crippen LogP contribution in [-0.4, -0.2) is 58.0 Å². The summed E-state index contributed by atoms with van der Waals surface area (Å²) >= 11 is 0. The molecule has 3 aliphatic heterocycles. The number of aromatic nitrogens is 2. The van der Waals surface area contributed by atoms with Crippen molar-refractivity contribution in [2.75, 3.05) is 35.2 Å². The van der Waals surface area contributed by atoms with Gasteiger partial charge in [0.25, 0.3) is 0 Å². The van der Waals surface area contributed by atoms with E-state index in [4.69, 9.17) is 5.73 Å². The van der Waals surface area contributed by atoms with Gasteiger partial charge in [-0.3, -0.25) is 9.69 Å². The van der Waals surface area contributed by atoms with Crippen molar-refractivity contribution in [2.45, 2.75) is 63.3 Å². The van der Waals surface area contributed by atoms with Crippen LogP contribution in [0.4, 0.5) is 40.7 Å². The van der Waals surface area contributed by atoms with Crippen LogP contribution in [0.25, 0.3) is 0 Å². The molecule has 8 nitrogen and oxygen atoms in total. The minimum absolute atomic E-state index is 0.0138. The number of amides is 1. The van der Waals surface area contributed by atoms with Crippen molar-refractivity contribution in [3.8, 4) is 0 Å². The summed E-state index contributed by atoms with van der Waals surface area (Å²) in [5.74, 6) is -1.61. The van der Waals surface area contributed by atoms with Crippen LogP contribution in [0.1, 0.15) is 45.1 Å². The Labute approximate surface area is 212 Å². The molecule has 0 spiro atoms. The van der Waals surface area contributed by atoms with Gasteiger partial charge in [0.1, 0.15) is 0 Å². The number of rotatable bonds is 6. The third-order valence-electron chi connectivity index (χ3n) is 7.72. The molecule has 0 aliphatic carbocycles. The van der Waals surface area contributed by atoms with Crippen LogP contribution in [0.3, 0.4) is 0 Å². The minimum Gasteiger partial charge on any atom is -0.369 e. The maximum atomic E-state index is 14.6. The van der Waals surface area contributed by atoms with Crippen LogP contribution in [0, 0.1) is 11.7 Å². The van der Waals surface area contributed by atoms with E-state index in [1.54, 1.807) is 0 Å². The molecule has 5 rings (SSSR count). The molecule has 0 saturated carbocycles. The number of primary amides is 1. The van der Waals surface area contributed by atoms with Crippen LogP contribution in [-0.2, 0) is 11.0 Å². The van der Waals surface area contributed by atoms with Gasteiger partial charge in [0.15, 0.2) is 11.6 Å². The molecule has 3 fully saturated rings. The van der Waals surface area contributed by atoms with Crippen molar-refractivity contribution < 1.29 is 22.4 Å². The fourth-order valence-corrected chi connectivity index (χ4v) is 5.94. The topological polar surface area (TPSA) is 99.4 Å². The van der Waals surface area contributed by atoms with E-state index in [9.17, 15) is 22.4 Å². The summed E-state index contributed by atoms with van der Waals surface area (Å²) in [6.07, 6.45) is 0.343. The molecule has 1 aromatic carbocycles. The predicted octanol–water partition coefficient (Wildman–Crippen LogP) is 4.12. The standard InChI is InChI=1S/C25H31F4N7O/c1-24(2)10-16(8-17-4-3-7-36(17)24)32-22-19(26)11-31-23(34-22)33-15-5-6-20(18(9-15)25(27,28)29)35-12-14(13-35)21(30)37/h5-6,9,11,14,16-17H,3-4,7-8,10,12-13H2,1-2H3,(H2,30,37)(H2,31,32,33,34)/t16-,17+/m1/s1. The lowest BCUT2D eigenvalue weighted by molar-refractivity contribution is -0.137. The predicted molar refractivity (Wildman–Crippen MR) is 132 cm³/mol. The summed E-state index contributed by atoms with van der Waals surface area (Å²) < 4.78 is 56.1. The Kier molecular flexibility index (Phi) is 6.41. The summed E-state index contributed by atoms with van der Waals surface area (Å²) in [5, 5.41) is 5.99. The molecule has 1 amide bonds. The molecule has 0 bridgehead atoms. The zero-order valence-electron chi connectivity index (χ0n) is 20.8. The first-order valence-corrected chi connectivity index (χ1v) is 12.5. The Bertz CT molecular complexity index is 1180. The summed E-state index contributed by atoms with van der Waals surface area (Å²) in [6, 6.07) is 4.23. The third-order valence-corrected chi connectivity index (χ3v) is 7.72. The Hall–Kier alpha value is -3.15. The highest BCUT2D eigenvalue weighted by atomic mass is 19.4. The summed E-state index contributed by atoms with van der Waals surface area (Å²) in [6.45, 7) is 5.73. The molecule has 0 unspecified atom stereocenters. The van der Waals surface area contributed by atoms with E-state index in [1.807, 2.05) is 0 Å². The number of halogens is 4. The average Bonchev–Trinajstić information content (AvgIpc) is 3.24. The van der Waals surface area contributed by atoms with Gasteiger partial charge in [-0.2, -0.15) is 18.2 Å². The van der Waals surface area contributed by atoms with Gasteiger partial charge in [0.05, 0.1) is 17.7 Å². The Morgan fingerprint density at radius 3 is 2.70 bits per heavy atom. The number of fused-ring (bicyclic) bond motifs is 1. The van der Waals surface area contributed by atoms with Gasteiger partial charge >= 0.3 is 6.18 Å². The molecule has 3 aliphatic rings. The number of nitrogens with zero attached hydrogens (tertiary/aromatic N) is 4. The van der Waals surface area contributed by atoms with Gasteiger partial charge < -0.3 is 21.3 Å². The summed E-state index contributed by atoms with van der Waals surface area (Å²) in [7, 11) is 0. The van der Waals surface area contributed by atoms with Gasteiger partial charge in [-0.25, -0.2) is 9.37 Å². The molecule has 2 atom stereocenters. The Balaban J connectivity index is 1.33. The van der Waals surface area contributed by atoms with Crippen molar-refractivity contribution >= 4 is 29.0 Å². The Morgan fingerprint density at radius 2 is 2.00 bits per heavy atom. The van der Waals surface area contributed by atoms with Crippen LogP contribution in [0.15, 0.2) is 24.4 Å². The maximum Gasteiger partial charge on any atom is 0.418 e. The van der Waals surface area contributed by atoms with Crippen molar-refractivity contribution in [3.63, 3.8) is 0 Å². The van der Waals surface area contributed by atoms with E-state index in [-0.39, 0.29) is 47.8 Å². The van der Waals surface area contributed by atoms with Crippen molar-refractivity contribution in [2.24, 2.45) is 11.7 Å². The van der Waals surface area contributed by atoms with Crippen molar-refractivity contribution in [3.05, 3.63) is 35.8 Å². The molecule has 0 radical (unpaired) electrons. The molecule has 4 N–H and O–H groups in total. The summed E-state index contributed by atoms with van der Waals surface area (Å²) in [4.78, 5) is 23.4. The number of hydrogen-bond donors (Lipinski definition) is 3. The minimum atomic E-state index is -4.62. The molecule has 12 heteroatoms. The van der Waals surface area contributed by atoms with Gasteiger partial charge in [-0.15, -0.1) is 0 Å². The second kappa shape index (κ2) is 9.30. The molecule has 37 heavy (non-hydrogen) atoms. The molecule has 200 valence electrons. The number of hydrogen-bond acceptors (Lipinski definition) is 7. The molecular formula is C25H31F4N7O. The smallest absolute Gasteiger partial charge is 0.369 e. The average molecular weight is 522 g/mol. The number of carbonyl (C=O) groups excluding carboxylic acids is 1. The van der Waals surface area contributed by atoms with Gasteiger partial charge in [-0.1, -0.05) is 0 Å². The fraction of sp³-hybridized carbons (Fsp3) is 0.560. The zero-order valence-corrected chi connectivity index (χ0v) is 20.8. The largest absolute Gasteiger partial charge is 0.418 e. The van der Waals surface area contributed by atoms with Crippen LogP contribution >= 0.6 is 0 Å². The van der Waals surface area contributed by atoms with Gasteiger partial charge in [-0.05, 0) is 64.3 Å². The number of alkyl halides is 3. The molecule has 3 saturated heterocycles. The highest BCUT2D eigenvalue weighted by molar-refractivity contribution is 5.80. The highest BCUT2D eigenvalue weighted by Crippen LogP contribution is 2.41. The number of anilines is 4. The first kappa shape index (κ1) is 25.5. The second-order valence-electron chi connectivity index (χ2n) is 10.8. The molecule has 2 aromatic rings. The SMILES string of the molecule is CC1(C)C[C@H](Nc2nc(Nc3ccc(N4CC(C(N)=O)C4)c(C(F)(F)F)c3)ncc2F)C[C@@H]2CCCN21. The zero-order chi connectivity index (χ0) is 26.5. The van der Waals surface area contributed by atoms with Crippen molar-refractivity contribution in [1.29, 1.82) is 0 Å². The normalized spacial score (nSPS) is 23.9. The summed E-state index contributed by atoms with van der Waals surface area (Å²) in [5.41, 5.74) is 4.45. The highest BCUT2D eigenvalue weighted by Gasteiger charge is 2.43. The first-order chi connectivity index (χ1) is 17.4. The lowest BCUT2D eigenvalue weighted by Gasteiger charge is -2.47. The maximum absolute atomic E-state index is 14.6. The van der Waals surface area contributed by atoms with E-state index in [1.165, 1.54) is 17.0 Å². The quantitative estimate of drug-likeness (QED) is 0.492. The number of piperidine rings is 1. The Morgan fingerprint density at radius 1 is 1.24 bits per heavy atom. The lowest BCUT2D eigenvalue weighted by Crippen LogP contribution is -2.55. The number of nitrogens with two attached hydrogens (primary N) is 1. The van der Waals surface area contributed by atoms with Gasteiger partial charge in [0.2, 0.25) is 11.9 Å². The van der Waals surface area contributed by atoms with Crippen LogP contribution in [0.5, 0.6) is 0 Å². The number of carbonyl (C=O) groups is 1. The van der Waals surface area contributed by atoms with E-state index >= 15 is 0 Å². The monoisotopic (exact) mass is 521 g/mol. The second-order valence-corrected chi connectivity index (χ2v) is 10.8. The molecule has 4 heterocycles. The number of benzene rings is 1. The fourth-order valence-electron chi connectivity index (χ4n) is 5.94. The van der Waals surface area contributed by atoms with Crippen LogP contribution < -0.4 is 21.3 Å². The van der Waals surface area contributed by atoms with Crippen LogP contribution in [0.2, 0.25) is 0 Å². The van der Waals surface area contributed by atoms with E-state index in [0.717, 1.165) is 44.5 Å². The van der Waals surface area contributed by atoms with E-state index in [2.05, 4.69) is 39.3 Å². The van der Waals surface area contributed by atoms with Crippen molar-refractivity contribution in [1.82, 2.24) is 14.9 Å². The first-order valence-electron chi connectivity index (χ1n) is 12.5. The number of nitrogens with one attached hydrogen (secondary N) is 2. The van der Waals surface area contributed by atoms with E-state index < -0.39 is 29.4 Å². The van der Waals surface area contributed by atoms with Gasteiger partial charge in [0, 0.05) is 42.1 Å².